The Labute approximate surface area is 112 Å². The summed E-state index contributed by atoms with van der Waals surface area (Å²) in [5.74, 6) is -6.65. The van der Waals surface area contributed by atoms with Gasteiger partial charge in [0.05, 0.1) is 6.61 Å². The first-order chi connectivity index (χ1) is 8.90. The lowest BCUT2D eigenvalue weighted by molar-refractivity contribution is -0.186. The molecule has 1 unspecified atom stereocenters. The molecular formula is C9H13F5O5S. The summed E-state index contributed by atoms with van der Waals surface area (Å²) in [5.41, 5.74) is -5.86. The number of ether oxygens (including phenoxy) is 1. The van der Waals surface area contributed by atoms with Crippen molar-refractivity contribution < 1.29 is 44.1 Å². The zero-order valence-electron chi connectivity index (χ0n) is 10.5. The first-order valence-corrected chi connectivity index (χ1v) is 6.85. The van der Waals surface area contributed by atoms with Crippen LogP contribution in [0, 0.1) is 0 Å². The molecule has 1 atom stereocenters. The number of alkyl halides is 5. The maximum atomic E-state index is 13.5. The van der Waals surface area contributed by atoms with E-state index in [1.165, 1.54) is 13.8 Å². The summed E-state index contributed by atoms with van der Waals surface area (Å²) in [7, 11) is -6.24. The summed E-state index contributed by atoms with van der Waals surface area (Å²) >= 11 is 0. The van der Waals surface area contributed by atoms with Gasteiger partial charge in [0.2, 0.25) is 0 Å². The fourth-order valence-corrected chi connectivity index (χ4v) is 1.75. The van der Waals surface area contributed by atoms with Crippen LogP contribution in [-0.4, -0.2) is 38.5 Å². The third kappa shape index (κ3) is 4.54. The predicted octanol–water partition coefficient (Wildman–Crippen LogP) is 2.22. The summed E-state index contributed by atoms with van der Waals surface area (Å²) in [6.45, 7) is 2.06. The van der Waals surface area contributed by atoms with Gasteiger partial charge in [-0.2, -0.15) is 30.4 Å². The van der Waals surface area contributed by atoms with E-state index in [0.717, 1.165) is 0 Å². The lowest BCUT2D eigenvalue weighted by Gasteiger charge is -2.24. The minimum absolute atomic E-state index is 0.132. The molecule has 0 rings (SSSR count). The Hall–Kier alpha value is -0.970. The van der Waals surface area contributed by atoms with Gasteiger partial charge in [0.25, 0.3) is 0 Å². The molecule has 5 nitrogen and oxygen atoms in total. The molecule has 0 bridgehead atoms. The Morgan fingerprint density at radius 2 is 1.65 bits per heavy atom. The van der Waals surface area contributed by atoms with Crippen molar-refractivity contribution in [2.45, 2.75) is 44.2 Å². The summed E-state index contributed by atoms with van der Waals surface area (Å²) in [4.78, 5) is 11.0. The van der Waals surface area contributed by atoms with Gasteiger partial charge in [-0.3, -0.25) is 4.18 Å². The topological polar surface area (TPSA) is 69.7 Å². The number of rotatable bonds is 7. The van der Waals surface area contributed by atoms with E-state index < -0.39 is 46.6 Å². The van der Waals surface area contributed by atoms with Crippen molar-refractivity contribution in [1.82, 2.24) is 0 Å². The molecule has 0 radical (unpaired) electrons. The van der Waals surface area contributed by atoms with E-state index in [0.29, 0.717) is 0 Å². The minimum atomic E-state index is -6.24. The molecule has 11 heteroatoms. The predicted molar refractivity (Wildman–Crippen MR) is 56.3 cm³/mol. The zero-order chi connectivity index (χ0) is 16.2. The molecule has 0 aromatic heterocycles. The van der Waals surface area contributed by atoms with E-state index >= 15 is 0 Å². The molecule has 0 heterocycles. The number of hydrogen-bond acceptors (Lipinski definition) is 5. The lowest BCUT2D eigenvalue weighted by atomic mass is 10.1. The van der Waals surface area contributed by atoms with Gasteiger partial charge in [-0.1, -0.05) is 13.3 Å². The van der Waals surface area contributed by atoms with Crippen LogP contribution in [0.15, 0.2) is 0 Å². The standard InChI is InChI=1S/C9H13F5O5S/c1-3-5-6(8(10,11)7(15)18-4-2)19-20(16,17)9(12,13)14/h6H,3-5H2,1-2H3. The fourth-order valence-electron chi connectivity index (χ4n) is 1.12. The van der Waals surface area contributed by atoms with Crippen LogP contribution in [0.5, 0.6) is 0 Å². The molecule has 0 N–H and O–H groups in total. The van der Waals surface area contributed by atoms with Gasteiger partial charge < -0.3 is 4.74 Å². The van der Waals surface area contributed by atoms with Crippen LogP contribution < -0.4 is 0 Å². The number of hydrogen-bond donors (Lipinski definition) is 0. The Morgan fingerprint density at radius 1 is 1.15 bits per heavy atom. The zero-order valence-corrected chi connectivity index (χ0v) is 11.4. The molecule has 0 spiro atoms. The fraction of sp³-hybridized carbons (Fsp3) is 0.889. The van der Waals surface area contributed by atoms with Crippen LogP contribution in [0.3, 0.4) is 0 Å². The van der Waals surface area contributed by atoms with Crippen molar-refractivity contribution in [3.63, 3.8) is 0 Å². The van der Waals surface area contributed by atoms with Crippen molar-refractivity contribution in [1.29, 1.82) is 0 Å². The maximum absolute atomic E-state index is 13.5. The van der Waals surface area contributed by atoms with Gasteiger partial charge in [0.1, 0.15) is 0 Å². The van der Waals surface area contributed by atoms with E-state index in [4.69, 9.17) is 0 Å². The van der Waals surface area contributed by atoms with Crippen molar-refractivity contribution in [2.75, 3.05) is 6.61 Å². The largest absolute Gasteiger partial charge is 0.523 e. The molecule has 0 aliphatic carbocycles. The first-order valence-electron chi connectivity index (χ1n) is 5.44. The average molecular weight is 328 g/mol. The van der Waals surface area contributed by atoms with Gasteiger partial charge >= 0.3 is 27.5 Å². The molecule has 0 saturated carbocycles. The molecule has 120 valence electrons. The lowest BCUT2D eigenvalue weighted by Crippen LogP contribution is -2.46. The van der Waals surface area contributed by atoms with Crippen molar-refractivity contribution in [3.8, 4) is 0 Å². The second-order valence-electron chi connectivity index (χ2n) is 3.62. The third-order valence-electron chi connectivity index (χ3n) is 2.03. The van der Waals surface area contributed by atoms with Gasteiger partial charge in [-0.25, -0.2) is 4.79 Å². The molecule has 0 aromatic rings. The van der Waals surface area contributed by atoms with Gasteiger partial charge in [-0.05, 0) is 13.3 Å². The van der Waals surface area contributed by atoms with Crippen LogP contribution in [0.25, 0.3) is 0 Å². The Balaban J connectivity index is 5.31. The highest BCUT2D eigenvalue weighted by molar-refractivity contribution is 7.87. The van der Waals surface area contributed by atoms with Gasteiger partial charge in [0.15, 0.2) is 6.10 Å². The normalized spacial score (nSPS) is 14.9. The molecule has 0 aromatic carbocycles. The quantitative estimate of drug-likeness (QED) is 0.310. The van der Waals surface area contributed by atoms with E-state index in [-0.39, 0.29) is 6.42 Å². The van der Waals surface area contributed by atoms with Crippen molar-refractivity contribution in [2.24, 2.45) is 0 Å². The van der Waals surface area contributed by atoms with E-state index in [2.05, 4.69) is 8.92 Å². The number of carbonyl (C=O) groups is 1. The molecule has 0 saturated heterocycles. The maximum Gasteiger partial charge on any atom is 0.523 e. The highest BCUT2D eigenvalue weighted by Crippen LogP contribution is 2.33. The van der Waals surface area contributed by atoms with Gasteiger partial charge in [0, 0.05) is 0 Å². The van der Waals surface area contributed by atoms with Crippen molar-refractivity contribution in [3.05, 3.63) is 0 Å². The van der Waals surface area contributed by atoms with Crippen LogP contribution in [0.1, 0.15) is 26.7 Å². The highest BCUT2D eigenvalue weighted by atomic mass is 32.2. The third-order valence-corrected chi connectivity index (χ3v) is 3.08. The van der Waals surface area contributed by atoms with E-state index in [1.807, 2.05) is 0 Å². The molecule has 20 heavy (non-hydrogen) atoms. The van der Waals surface area contributed by atoms with Crippen LogP contribution in [-0.2, 0) is 23.8 Å². The van der Waals surface area contributed by atoms with Crippen molar-refractivity contribution >= 4 is 16.1 Å². The first kappa shape index (κ1) is 19.0. The Kier molecular flexibility index (Phi) is 6.33. The average Bonchev–Trinajstić information content (AvgIpc) is 2.26. The van der Waals surface area contributed by atoms with Crippen LogP contribution in [0.2, 0.25) is 0 Å². The molecule has 0 fully saturated rings. The van der Waals surface area contributed by atoms with Crippen LogP contribution in [0.4, 0.5) is 22.0 Å². The number of esters is 1. The van der Waals surface area contributed by atoms with Gasteiger partial charge in [-0.15, -0.1) is 0 Å². The SMILES string of the molecule is CCCC(OS(=O)(=O)C(F)(F)F)C(F)(F)C(=O)OCC. The molecule has 0 aliphatic heterocycles. The molecule has 0 aliphatic rings. The summed E-state index contributed by atoms with van der Waals surface area (Å²) in [6, 6.07) is 0. The Morgan fingerprint density at radius 3 is 2.00 bits per heavy atom. The smallest absolute Gasteiger partial charge is 0.461 e. The minimum Gasteiger partial charge on any atom is -0.461 e. The number of halogens is 5. The molecule has 0 amide bonds. The summed E-state index contributed by atoms with van der Waals surface area (Å²) < 4.78 is 92.3. The second-order valence-corrected chi connectivity index (χ2v) is 5.18. The van der Waals surface area contributed by atoms with Crippen LogP contribution >= 0.6 is 0 Å². The molecular weight excluding hydrogens is 315 g/mol. The van der Waals surface area contributed by atoms with E-state index in [1.54, 1.807) is 0 Å². The number of carbonyl (C=O) groups excluding carboxylic acids is 1. The second kappa shape index (κ2) is 6.66. The van der Waals surface area contributed by atoms with E-state index in [9.17, 15) is 35.2 Å². The Bertz CT molecular complexity index is 430. The summed E-state index contributed by atoms with van der Waals surface area (Å²) in [6.07, 6.45) is -3.69. The summed E-state index contributed by atoms with van der Waals surface area (Å²) in [5, 5.41) is 0. The monoisotopic (exact) mass is 328 g/mol. The highest BCUT2D eigenvalue weighted by Gasteiger charge is 2.56.